The van der Waals surface area contributed by atoms with E-state index in [1.807, 2.05) is 21.8 Å². The van der Waals surface area contributed by atoms with Crippen LogP contribution in [0.15, 0.2) is 42.7 Å². The first-order valence-corrected chi connectivity index (χ1v) is 6.96. The highest BCUT2D eigenvalue weighted by atomic mass is 35.5. The van der Waals surface area contributed by atoms with E-state index < -0.39 is 0 Å². The molecule has 1 amide bonds. The molecule has 0 spiro atoms. The van der Waals surface area contributed by atoms with Crippen molar-refractivity contribution in [3.8, 4) is 0 Å². The first kappa shape index (κ1) is 19.3. The third-order valence-electron chi connectivity index (χ3n) is 3.51. The van der Waals surface area contributed by atoms with Crippen molar-refractivity contribution in [3.63, 3.8) is 0 Å². The Kier molecular flexibility index (Phi) is 7.35. The zero-order valence-electron chi connectivity index (χ0n) is 12.5. The molecular weight excluding hydrogens is 339 g/mol. The number of nitrogens with two attached hydrogens (primary N) is 1. The number of amides is 1. The van der Waals surface area contributed by atoms with Gasteiger partial charge >= 0.3 is 0 Å². The molecule has 0 aliphatic carbocycles. The van der Waals surface area contributed by atoms with Crippen molar-refractivity contribution in [2.75, 3.05) is 25.4 Å². The third-order valence-corrected chi connectivity index (χ3v) is 3.51. The van der Waals surface area contributed by atoms with E-state index in [9.17, 15) is 4.79 Å². The number of nitrogen functional groups attached to an aromatic ring is 1. The minimum Gasteiger partial charge on any atom is -0.399 e. The lowest BCUT2D eigenvalue weighted by Crippen LogP contribution is -2.47. The van der Waals surface area contributed by atoms with Gasteiger partial charge in [-0.2, -0.15) is 5.10 Å². The molecule has 1 atom stereocenters. The van der Waals surface area contributed by atoms with Crippen molar-refractivity contribution in [2.45, 2.75) is 12.6 Å². The van der Waals surface area contributed by atoms with Gasteiger partial charge < -0.3 is 15.4 Å². The molecule has 2 heterocycles. The van der Waals surface area contributed by atoms with Crippen LogP contribution in [0, 0.1) is 0 Å². The molecule has 0 radical (unpaired) electrons. The Morgan fingerprint density at radius 1 is 1.35 bits per heavy atom. The summed E-state index contributed by atoms with van der Waals surface area (Å²) in [6.07, 6.45) is 3.59. The average Bonchev–Trinajstić information content (AvgIpc) is 3.00. The van der Waals surface area contributed by atoms with Gasteiger partial charge in [-0.1, -0.05) is 6.07 Å². The normalized spacial score (nSPS) is 17.0. The topological polar surface area (TPSA) is 73.4 Å². The number of hydrogen-bond acceptors (Lipinski definition) is 4. The van der Waals surface area contributed by atoms with Gasteiger partial charge in [-0.25, -0.2) is 0 Å². The molecule has 126 valence electrons. The second kappa shape index (κ2) is 8.76. The molecule has 0 saturated carbocycles. The predicted octanol–water partition coefficient (Wildman–Crippen LogP) is 1.85. The molecule has 8 heteroatoms. The average molecular weight is 359 g/mol. The van der Waals surface area contributed by atoms with Gasteiger partial charge in [0.15, 0.2) is 0 Å². The van der Waals surface area contributed by atoms with Crippen LogP contribution in [-0.4, -0.2) is 46.4 Å². The molecular formula is C15H20Cl2N4O2. The quantitative estimate of drug-likeness (QED) is 0.849. The first-order chi connectivity index (χ1) is 10.2. The number of benzene rings is 1. The summed E-state index contributed by atoms with van der Waals surface area (Å²) in [4.78, 5) is 14.3. The second-order valence-electron chi connectivity index (χ2n) is 5.10. The molecule has 2 N–H and O–H groups in total. The van der Waals surface area contributed by atoms with E-state index in [1.165, 1.54) is 0 Å². The van der Waals surface area contributed by atoms with Crippen molar-refractivity contribution in [2.24, 2.45) is 0 Å². The highest BCUT2D eigenvalue weighted by Crippen LogP contribution is 2.14. The number of carbonyl (C=O) groups is 1. The van der Waals surface area contributed by atoms with Crippen LogP contribution in [0.3, 0.4) is 0 Å². The largest absolute Gasteiger partial charge is 0.399 e. The van der Waals surface area contributed by atoms with Gasteiger partial charge in [-0.05, 0) is 24.3 Å². The number of aromatic nitrogens is 2. The monoisotopic (exact) mass is 358 g/mol. The van der Waals surface area contributed by atoms with Gasteiger partial charge in [0.25, 0.3) is 5.91 Å². The maximum Gasteiger partial charge on any atom is 0.254 e. The maximum absolute atomic E-state index is 12.5. The second-order valence-corrected chi connectivity index (χ2v) is 5.10. The predicted molar refractivity (Wildman–Crippen MR) is 93.2 cm³/mol. The molecule has 2 aromatic rings. The van der Waals surface area contributed by atoms with Crippen LogP contribution in [0.5, 0.6) is 0 Å². The first-order valence-electron chi connectivity index (χ1n) is 6.96. The van der Waals surface area contributed by atoms with E-state index in [1.54, 1.807) is 30.5 Å². The molecule has 1 saturated heterocycles. The molecule has 1 aliphatic heterocycles. The lowest BCUT2D eigenvalue weighted by atomic mass is 10.1. The highest BCUT2D eigenvalue weighted by Gasteiger charge is 2.25. The highest BCUT2D eigenvalue weighted by molar-refractivity contribution is 5.95. The van der Waals surface area contributed by atoms with Crippen LogP contribution in [0.4, 0.5) is 5.69 Å². The number of hydrogen-bond donors (Lipinski definition) is 1. The maximum atomic E-state index is 12.5. The zero-order chi connectivity index (χ0) is 14.7. The fraction of sp³-hybridized carbons (Fsp3) is 0.333. The van der Waals surface area contributed by atoms with Gasteiger partial charge in [0.2, 0.25) is 0 Å². The van der Waals surface area contributed by atoms with Gasteiger partial charge in [0.05, 0.1) is 19.3 Å². The van der Waals surface area contributed by atoms with Gasteiger partial charge in [-0.3, -0.25) is 9.48 Å². The molecule has 1 unspecified atom stereocenters. The molecule has 6 nitrogen and oxygen atoms in total. The van der Waals surface area contributed by atoms with Crippen LogP contribution >= 0.6 is 24.8 Å². The Labute approximate surface area is 147 Å². The minimum absolute atomic E-state index is 0. The molecule has 3 rings (SSSR count). The van der Waals surface area contributed by atoms with E-state index in [-0.39, 0.29) is 36.8 Å². The Balaban J connectivity index is 0.00000132. The molecule has 1 aromatic heterocycles. The molecule has 1 fully saturated rings. The third kappa shape index (κ3) is 4.86. The van der Waals surface area contributed by atoms with Gasteiger partial charge in [-0.15, -0.1) is 24.8 Å². The SMILES string of the molecule is Cl.Cl.Nc1cccc(C(=O)N2CCOC(Cn3cccn3)C2)c1. The lowest BCUT2D eigenvalue weighted by molar-refractivity contribution is -0.0299. The van der Waals surface area contributed by atoms with Crippen LogP contribution in [0.2, 0.25) is 0 Å². The fourth-order valence-corrected chi connectivity index (χ4v) is 2.49. The number of ether oxygens (including phenoxy) is 1. The van der Waals surface area contributed by atoms with Crippen LogP contribution in [0.1, 0.15) is 10.4 Å². The molecule has 23 heavy (non-hydrogen) atoms. The van der Waals surface area contributed by atoms with E-state index in [2.05, 4.69) is 5.10 Å². The van der Waals surface area contributed by atoms with Crippen molar-refractivity contribution >= 4 is 36.4 Å². The summed E-state index contributed by atoms with van der Waals surface area (Å²) in [6.45, 7) is 2.35. The summed E-state index contributed by atoms with van der Waals surface area (Å²) in [7, 11) is 0. The molecule has 1 aromatic carbocycles. The van der Waals surface area contributed by atoms with Gasteiger partial charge in [0.1, 0.15) is 0 Å². The smallest absolute Gasteiger partial charge is 0.254 e. The van der Waals surface area contributed by atoms with Gasteiger partial charge in [0, 0.05) is 36.7 Å². The Bertz CT molecular complexity index is 622. The van der Waals surface area contributed by atoms with E-state index in [4.69, 9.17) is 10.5 Å². The van der Waals surface area contributed by atoms with Crippen LogP contribution in [-0.2, 0) is 11.3 Å². The van der Waals surface area contributed by atoms with Crippen molar-refractivity contribution in [1.82, 2.24) is 14.7 Å². The van der Waals surface area contributed by atoms with Crippen LogP contribution < -0.4 is 5.73 Å². The number of carbonyl (C=O) groups excluding carboxylic acids is 1. The summed E-state index contributed by atoms with van der Waals surface area (Å²) in [5.41, 5.74) is 6.96. The molecule has 0 bridgehead atoms. The number of anilines is 1. The number of rotatable bonds is 3. The Hall–Kier alpha value is -1.76. The van der Waals surface area contributed by atoms with Crippen molar-refractivity contribution in [1.29, 1.82) is 0 Å². The van der Waals surface area contributed by atoms with Crippen LogP contribution in [0.25, 0.3) is 0 Å². The Morgan fingerprint density at radius 3 is 2.87 bits per heavy atom. The van der Waals surface area contributed by atoms with E-state index in [0.717, 1.165) is 0 Å². The zero-order valence-corrected chi connectivity index (χ0v) is 14.1. The number of nitrogens with zero attached hydrogens (tertiary/aromatic N) is 3. The Morgan fingerprint density at radius 2 is 2.17 bits per heavy atom. The summed E-state index contributed by atoms with van der Waals surface area (Å²) in [6, 6.07) is 8.94. The lowest BCUT2D eigenvalue weighted by Gasteiger charge is -2.33. The minimum atomic E-state index is -0.0383. The number of halogens is 2. The standard InChI is InChI=1S/C15H18N4O2.2ClH/c16-13-4-1-3-12(9-13)15(20)18-7-8-21-14(10-18)11-19-6-2-5-17-19;;/h1-6,9,14H,7-8,10-11,16H2;2*1H. The fourth-order valence-electron chi connectivity index (χ4n) is 2.49. The van der Waals surface area contributed by atoms with E-state index >= 15 is 0 Å². The summed E-state index contributed by atoms with van der Waals surface area (Å²) < 4.78 is 7.53. The summed E-state index contributed by atoms with van der Waals surface area (Å²) in [5.74, 6) is -0.00364. The van der Waals surface area contributed by atoms with Crippen molar-refractivity contribution < 1.29 is 9.53 Å². The number of morpholine rings is 1. The van der Waals surface area contributed by atoms with E-state index in [0.29, 0.717) is 37.5 Å². The molecule has 1 aliphatic rings. The van der Waals surface area contributed by atoms with Crippen molar-refractivity contribution in [3.05, 3.63) is 48.3 Å². The summed E-state index contributed by atoms with van der Waals surface area (Å²) >= 11 is 0. The summed E-state index contributed by atoms with van der Waals surface area (Å²) in [5, 5.41) is 4.17.